The summed E-state index contributed by atoms with van der Waals surface area (Å²) >= 11 is 0. The number of hydrogen-bond donors (Lipinski definition) is 0. The molecule has 0 aliphatic rings. The maximum absolute atomic E-state index is 13.4. The first-order valence-corrected chi connectivity index (χ1v) is 11.2. The second-order valence-electron chi connectivity index (χ2n) is 7.28. The number of para-hydroxylation sites is 1. The highest BCUT2D eigenvalue weighted by molar-refractivity contribution is 7.92. The minimum atomic E-state index is -3.77. The number of esters is 1. The molecule has 158 valence electrons. The number of ether oxygens (including phenoxy) is 1. The van der Waals surface area contributed by atoms with Gasteiger partial charge in [-0.25, -0.2) is 13.2 Å². The van der Waals surface area contributed by atoms with E-state index < -0.39 is 27.9 Å². The van der Waals surface area contributed by atoms with Gasteiger partial charge in [-0.1, -0.05) is 30.3 Å². The van der Waals surface area contributed by atoms with Crippen LogP contribution in [0.4, 0.5) is 5.69 Å². The number of nitrogens with zero attached hydrogens (tertiary/aromatic N) is 2. The Kier molecular flexibility index (Phi) is 5.72. The van der Waals surface area contributed by atoms with Gasteiger partial charge in [-0.2, -0.15) is 0 Å². The number of aryl methyl sites for hydroxylation is 2. The molecule has 1 heterocycles. The largest absolute Gasteiger partial charge is 0.465 e. The van der Waals surface area contributed by atoms with Gasteiger partial charge >= 0.3 is 5.97 Å². The number of benzene rings is 2. The highest BCUT2D eigenvalue weighted by atomic mass is 32.2. The predicted molar refractivity (Wildman–Crippen MR) is 117 cm³/mol. The van der Waals surface area contributed by atoms with Crippen molar-refractivity contribution in [3.63, 3.8) is 0 Å². The fourth-order valence-electron chi connectivity index (χ4n) is 3.57. The van der Waals surface area contributed by atoms with Crippen molar-refractivity contribution in [3.05, 3.63) is 65.4 Å². The molecule has 3 rings (SSSR count). The van der Waals surface area contributed by atoms with Gasteiger partial charge in [0.15, 0.2) is 0 Å². The van der Waals surface area contributed by atoms with Gasteiger partial charge in [0.05, 0.1) is 30.1 Å². The van der Waals surface area contributed by atoms with Gasteiger partial charge in [0.1, 0.15) is 6.04 Å². The van der Waals surface area contributed by atoms with Gasteiger partial charge < -0.3 is 4.74 Å². The molecule has 1 aromatic heterocycles. The molecule has 0 aliphatic heterocycles. The maximum Gasteiger partial charge on any atom is 0.340 e. The third kappa shape index (κ3) is 3.82. The van der Waals surface area contributed by atoms with E-state index in [1.807, 2.05) is 19.1 Å². The van der Waals surface area contributed by atoms with Crippen LogP contribution >= 0.6 is 0 Å². The van der Waals surface area contributed by atoms with Crippen molar-refractivity contribution >= 4 is 38.5 Å². The molecular weight excluding hydrogens is 404 g/mol. The highest BCUT2D eigenvalue weighted by Crippen LogP contribution is 2.28. The maximum atomic E-state index is 13.4. The first-order valence-electron chi connectivity index (χ1n) is 9.35. The molecule has 0 radical (unpaired) electrons. The van der Waals surface area contributed by atoms with Crippen LogP contribution in [0.2, 0.25) is 0 Å². The molecule has 0 amide bonds. The van der Waals surface area contributed by atoms with Crippen LogP contribution in [-0.2, 0) is 14.8 Å². The number of carbonyl (C=O) groups is 2. The SMILES string of the molecule is COC(=O)c1cn(C(=O)[C@H](C)N(c2cc(C)ccc2C)S(C)(=O)=O)c2ccccc12. The lowest BCUT2D eigenvalue weighted by Crippen LogP contribution is -2.45. The van der Waals surface area contributed by atoms with E-state index in [2.05, 4.69) is 0 Å². The van der Waals surface area contributed by atoms with Gasteiger partial charge in [-0.3, -0.25) is 13.7 Å². The normalized spacial score (nSPS) is 12.6. The van der Waals surface area contributed by atoms with Gasteiger partial charge in [0.2, 0.25) is 10.0 Å². The molecule has 1 atom stereocenters. The smallest absolute Gasteiger partial charge is 0.340 e. The molecule has 2 aromatic carbocycles. The Hall–Kier alpha value is -3.13. The van der Waals surface area contributed by atoms with Crippen molar-refractivity contribution in [1.29, 1.82) is 0 Å². The van der Waals surface area contributed by atoms with Crippen molar-refractivity contribution in [3.8, 4) is 0 Å². The molecule has 7 nitrogen and oxygen atoms in total. The number of methoxy groups -OCH3 is 1. The molecule has 0 bridgehead atoms. The second-order valence-corrected chi connectivity index (χ2v) is 9.14. The van der Waals surface area contributed by atoms with Crippen LogP contribution in [0.5, 0.6) is 0 Å². The second kappa shape index (κ2) is 7.95. The van der Waals surface area contributed by atoms with Crippen molar-refractivity contribution < 1.29 is 22.7 Å². The molecule has 0 unspecified atom stereocenters. The third-order valence-corrected chi connectivity index (χ3v) is 6.25. The number of rotatable bonds is 5. The Bertz CT molecular complexity index is 1240. The van der Waals surface area contributed by atoms with Crippen LogP contribution in [0.25, 0.3) is 10.9 Å². The van der Waals surface area contributed by atoms with E-state index in [9.17, 15) is 18.0 Å². The summed E-state index contributed by atoms with van der Waals surface area (Å²) in [7, 11) is -2.50. The summed E-state index contributed by atoms with van der Waals surface area (Å²) in [5, 5.41) is 0.558. The van der Waals surface area contributed by atoms with Crippen LogP contribution in [0.15, 0.2) is 48.7 Å². The van der Waals surface area contributed by atoms with Crippen LogP contribution in [0.1, 0.15) is 33.2 Å². The molecule has 8 heteroatoms. The Morgan fingerprint density at radius 2 is 1.77 bits per heavy atom. The molecule has 30 heavy (non-hydrogen) atoms. The van der Waals surface area contributed by atoms with E-state index in [1.54, 1.807) is 37.3 Å². The topological polar surface area (TPSA) is 85.7 Å². The average molecular weight is 429 g/mol. The molecule has 0 spiro atoms. The minimum Gasteiger partial charge on any atom is -0.465 e. The quantitative estimate of drug-likeness (QED) is 0.580. The zero-order valence-electron chi connectivity index (χ0n) is 17.5. The van der Waals surface area contributed by atoms with Crippen molar-refractivity contribution in [2.45, 2.75) is 26.8 Å². The average Bonchev–Trinajstić information content (AvgIpc) is 3.08. The number of anilines is 1. The summed E-state index contributed by atoms with van der Waals surface area (Å²) in [5.41, 5.74) is 2.81. The number of carbonyl (C=O) groups excluding carboxylic acids is 2. The summed E-state index contributed by atoms with van der Waals surface area (Å²) in [5.74, 6) is -1.05. The van der Waals surface area contributed by atoms with Crippen LogP contribution in [-0.4, -0.2) is 44.3 Å². The summed E-state index contributed by atoms with van der Waals surface area (Å²) in [6, 6.07) is 11.3. The van der Waals surface area contributed by atoms with Crippen LogP contribution < -0.4 is 4.31 Å². The van der Waals surface area contributed by atoms with Crippen LogP contribution in [0.3, 0.4) is 0 Å². The van der Waals surface area contributed by atoms with Crippen molar-refractivity contribution in [1.82, 2.24) is 4.57 Å². The van der Waals surface area contributed by atoms with E-state index in [0.29, 0.717) is 16.6 Å². The molecule has 0 aliphatic carbocycles. The Morgan fingerprint density at radius 1 is 1.10 bits per heavy atom. The number of hydrogen-bond acceptors (Lipinski definition) is 5. The zero-order chi connectivity index (χ0) is 22.2. The lowest BCUT2D eigenvalue weighted by atomic mass is 10.1. The minimum absolute atomic E-state index is 0.242. The molecule has 0 fully saturated rings. The highest BCUT2D eigenvalue weighted by Gasteiger charge is 2.32. The number of sulfonamides is 1. The number of fused-ring (bicyclic) bond motifs is 1. The molecule has 0 N–H and O–H groups in total. The molecule has 0 saturated heterocycles. The summed E-state index contributed by atoms with van der Waals surface area (Å²) in [6.07, 6.45) is 2.48. The van der Waals surface area contributed by atoms with E-state index in [1.165, 1.54) is 24.8 Å². The monoisotopic (exact) mass is 428 g/mol. The van der Waals surface area contributed by atoms with E-state index in [0.717, 1.165) is 21.7 Å². The van der Waals surface area contributed by atoms with Crippen molar-refractivity contribution in [2.24, 2.45) is 0 Å². The Balaban J connectivity index is 2.16. The fourth-order valence-corrected chi connectivity index (χ4v) is 4.79. The number of aromatic nitrogens is 1. The first kappa shape index (κ1) is 21.6. The van der Waals surface area contributed by atoms with E-state index >= 15 is 0 Å². The Labute approximate surface area is 175 Å². The van der Waals surface area contributed by atoms with Gasteiger partial charge in [-0.15, -0.1) is 0 Å². The van der Waals surface area contributed by atoms with Crippen LogP contribution in [0, 0.1) is 13.8 Å². The molecule has 3 aromatic rings. The van der Waals surface area contributed by atoms with Gasteiger partial charge in [-0.05, 0) is 44.0 Å². The Morgan fingerprint density at radius 3 is 2.40 bits per heavy atom. The standard InChI is InChI=1S/C22H24N2O5S/c1-14-10-11-15(2)20(12-14)24(30(5,27)28)16(3)21(25)23-13-18(22(26)29-4)17-8-6-7-9-19(17)23/h6-13,16H,1-5H3/t16-/m0/s1. The summed E-state index contributed by atoms with van der Waals surface area (Å²) in [4.78, 5) is 25.6. The van der Waals surface area contributed by atoms with Crippen molar-refractivity contribution in [2.75, 3.05) is 17.7 Å². The lowest BCUT2D eigenvalue weighted by Gasteiger charge is -2.30. The lowest BCUT2D eigenvalue weighted by molar-refractivity contribution is 0.0603. The molecule has 0 saturated carbocycles. The van der Waals surface area contributed by atoms with Gasteiger partial charge in [0, 0.05) is 11.6 Å². The van der Waals surface area contributed by atoms with E-state index in [4.69, 9.17) is 4.74 Å². The van der Waals surface area contributed by atoms with E-state index in [-0.39, 0.29) is 5.56 Å². The summed E-state index contributed by atoms with van der Waals surface area (Å²) < 4.78 is 32.6. The fraction of sp³-hybridized carbons (Fsp3) is 0.273. The first-order chi connectivity index (χ1) is 14.1. The van der Waals surface area contributed by atoms with Gasteiger partial charge in [0.25, 0.3) is 5.91 Å². The predicted octanol–water partition coefficient (Wildman–Crippen LogP) is 3.54. The summed E-state index contributed by atoms with van der Waals surface area (Å²) in [6.45, 7) is 5.19. The molecular formula is C22H24N2O5S. The third-order valence-electron chi connectivity index (χ3n) is 5.02. The zero-order valence-corrected chi connectivity index (χ0v) is 18.4.